The number of anilines is 1. The lowest BCUT2D eigenvalue weighted by atomic mass is 10.1. The maximum atomic E-state index is 12.9. The Morgan fingerprint density at radius 3 is 2.29 bits per heavy atom. The summed E-state index contributed by atoms with van der Waals surface area (Å²) in [6, 6.07) is 22.0. The molecule has 0 saturated carbocycles. The van der Waals surface area contributed by atoms with Crippen molar-refractivity contribution >= 4 is 15.7 Å². The largest absolute Gasteiger partial charge is 0.508 e. The number of aryl methyl sites for hydroxylation is 1. The first-order chi connectivity index (χ1) is 18.3. The Kier molecular flexibility index (Phi) is 9.63. The van der Waals surface area contributed by atoms with E-state index >= 15 is 0 Å². The van der Waals surface area contributed by atoms with Gasteiger partial charge in [-0.3, -0.25) is 0 Å². The van der Waals surface area contributed by atoms with Crippen LogP contribution in [-0.2, 0) is 16.4 Å². The van der Waals surface area contributed by atoms with Crippen LogP contribution in [0.5, 0.6) is 11.5 Å². The van der Waals surface area contributed by atoms with Crippen molar-refractivity contribution in [2.45, 2.75) is 43.2 Å². The molecule has 4 rings (SSSR count). The Morgan fingerprint density at radius 1 is 0.974 bits per heavy atom. The standard InChI is InChI=1S/C29H37N3O5S/c1-22-2-12-29(13-3-22)38(35,36)32-18-15-25(16-19-32)31-24-6-4-23(5-7-24)14-17-30-20-27(34)21-37-28-10-8-26(33)9-11-28/h2-13,25,27,30-31,33-34H,14-21H2,1H3/t27-/m0/s1. The molecule has 1 heterocycles. The quantitative estimate of drug-likeness (QED) is 0.261. The summed E-state index contributed by atoms with van der Waals surface area (Å²) in [5, 5.41) is 26.2. The van der Waals surface area contributed by atoms with Crippen LogP contribution in [0.3, 0.4) is 0 Å². The monoisotopic (exact) mass is 539 g/mol. The van der Waals surface area contributed by atoms with Gasteiger partial charge in [-0.15, -0.1) is 0 Å². The highest BCUT2D eigenvalue weighted by molar-refractivity contribution is 7.89. The molecule has 1 saturated heterocycles. The van der Waals surface area contributed by atoms with E-state index in [1.165, 1.54) is 5.56 Å². The van der Waals surface area contributed by atoms with Gasteiger partial charge in [0.15, 0.2) is 0 Å². The van der Waals surface area contributed by atoms with Crippen molar-refractivity contribution in [2.75, 3.05) is 38.1 Å². The van der Waals surface area contributed by atoms with E-state index in [-0.39, 0.29) is 18.4 Å². The Bertz CT molecular complexity index is 1240. The second-order valence-electron chi connectivity index (χ2n) is 9.75. The highest BCUT2D eigenvalue weighted by Crippen LogP contribution is 2.23. The van der Waals surface area contributed by atoms with Gasteiger partial charge in [-0.25, -0.2) is 8.42 Å². The van der Waals surface area contributed by atoms with Crippen molar-refractivity contribution in [1.29, 1.82) is 0 Å². The molecule has 0 bridgehead atoms. The zero-order chi connectivity index (χ0) is 27.0. The Hall–Kier alpha value is -3.11. The highest BCUT2D eigenvalue weighted by Gasteiger charge is 2.29. The van der Waals surface area contributed by atoms with E-state index in [2.05, 4.69) is 34.9 Å². The number of nitrogens with zero attached hydrogens (tertiary/aromatic N) is 1. The lowest BCUT2D eigenvalue weighted by Crippen LogP contribution is -2.42. The van der Waals surface area contributed by atoms with E-state index in [0.717, 1.165) is 37.1 Å². The number of rotatable bonds is 12. The first kappa shape index (κ1) is 27.9. The van der Waals surface area contributed by atoms with Crippen molar-refractivity contribution in [3.63, 3.8) is 0 Å². The molecule has 3 aromatic carbocycles. The van der Waals surface area contributed by atoms with Gasteiger partial charge in [-0.2, -0.15) is 4.31 Å². The van der Waals surface area contributed by atoms with Crippen LogP contribution >= 0.6 is 0 Å². The number of nitrogens with one attached hydrogen (secondary N) is 2. The smallest absolute Gasteiger partial charge is 0.243 e. The van der Waals surface area contributed by atoms with Crippen LogP contribution in [-0.4, -0.2) is 67.9 Å². The normalized spacial score (nSPS) is 15.7. The van der Waals surface area contributed by atoms with Gasteiger partial charge >= 0.3 is 0 Å². The number of hydrogen-bond acceptors (Lipinski definition) is 7. The van der Waals surface area contributed by atoms with Crippen molar-refractivity contribution in [3.05, 3.63) is 83.9 Å². The van der Waals surface area contributed by atoms with Crippen LogP contribution in [0.2, 0.25) is 0 Å². The van der Waals surface area contributed by atoms with E-state index in [1.807, 2.05) is 19.1 Å². The van der Waals surface area contributed by atoms with Crippen LogP contribution in [0, 0.1) is 6.92 Å². The van der Waals surface area contributed by atoms with Crippen LogP contribution < -0.4 is 15.4 Å². The zero-order valence-electron chi connectivity index (χ0n) is 21.7. The molecule has 3 aromatic rings. The molecule has 0 aliphatic carbocycles. The zero-order valence-corrected chi connectivity index (χ0v) is 22.5. The van der Waals surface area contributed by atoms with Crippen molar-refractivity contribution in [3.8, 4) is 11.5 Å². The Morgan fingerprint density at radius 2 is 1.63 bits per heavy atom. The SMILES string of the molecule is Cc1ccc(S(=O)(=O)N2CCC(Nc3ccc(CCNC[C@H](O)COc4ccc(O)cc4)cc3)CC2)cc1. The third-order valence-electron chi connectivity index (χ3n) is 6.69. The van der Waals surface area contributed by atoms with E-state index in [9.17, 15) is 18.6 Å². The fourth-order valence-electron chi connectivity index (χ4n) is 4.40. The summed E-state index contributed by atoms with van der Waals surface area (Å²) in [5.74, 6) is 0.782. The molecule has 4 N–H and O–H groups in total. The summed E-state index contributed by atoms with van der Waals surface area (Å²) >= 11 is 0. The average molecular weight is 540 g/mol. The summed E-state index contributed by atoms with van der Waals surface area (Å²) in [6.45, 7) is 4.29. The number of benzene rings is 3. The molecular weight excluding hydrogens is 502 g/mol. The summed E-state index contributed by atoms with van der Waals surface area (Å²) in [4.78, 5) is 0.358. The molecule has 0 amide bonds. The number of sulfonamides is 1. The van der Waals surface area contributed by atoms with Gasteiger partial charge < -0.3 is 25.6 Å². The summed E-state index contributed by atoms with van der Waals surface area (Å²) in [7, 11) is -3.45. The average Bonchev–Trinajstić information content (AvgIpc) is 2.92. The molecule has 0 unspecified atom stereocenters. The van der Waals surface area contributed by atoms with Crippen molar-refractivity contribution in [1.82, 2.24) is 9.62 Å². The third kappa shape index (κ3) is 7.94. The highest BCUT2D eigenvalue weighted by atomic mass is 32.2. The number of aliphatic hydroxyl groups is 1. The fraction of sp³-hybridized carbons (Fsp3) is 0.379. The van der Waals surface area contributed by atoms with Crippen molar-refractivity contribution < 1.29 is 23.4 Å². The van der Waals surface area contributed by atoms with Gasteiger partial charge in [-0.1, -0.05) is 29.8 Å². The van der Waals surface area contributed by atoms with Gasteiger partial charge in [0.25, 0.3) is 0 Å². The lowest BCUT2D eigenvalue weighted by Gasteiger charge is -2.32. The van der Waals surface area contributed by atoms with Gasteiger partial charge in [0.2, 0.25) is 10.0 Å². The number of aliphatic hydroxyl groups excluding tert-OH is 1. The van der Waals surface area contributed by atoms with Crippen LogP contribution in [0.4, 0.5) is 5.69 Å². The lowest BCUT2D eigenvalue weighted by molar-refractivity contribution is 0.106. The second-order valence-corrected chi connectivity index (χ2v) is 11.7. The fourth-order valence-corrected chi connectivity index (χ4v) is 5.87. The molecule has 0 radical (unpaired) electrons. The van der Waals surface area contributed by atoms with Crippen molar-refractivity contribution in [2.24, 2.45) is 0 Å². The number of piperidine rings is 1. The van der Waals surface area contributed by atoms with Gasteiger partial charge in [-0.05, 0) is 86.8 Å². The predicted molar refractivity (Wildman–Crippen MR) is 149 cm³/mol. The minimum Gasteiger partial charge on any atom is -0.508 e. The molecule has 1 aliphatic rings. The van der Waals surface area contributed by atoms with Crippen LogP contribution in [0.15, 0.2) is 77.7 Å². The van der Waals surface area contributed by atoms with E-state index in [4.69, 9.17) is 4.74 Å². The Labute approximate surface area is 225 Å². The first-order valence-corrected chi connectivity index (χ1v) is 14.5. The molecule has 9 heteroatoms. The van der Waals surface area contributed by atoms with Gasteiger partial charge in [0.05, 0.1) is 4.90 Å². The van der Waals surface area contributed by atoms with Gasteiger partial charge in [0.1, 0.15) is 24.2 Å². The van der Waals surface area contributed by atoms with E-state index in [1.54, 1.807) is 40.7 Å². The van der Waals surface area contributed by atoms with Crippen LogP contribution in [0.1, 0.15) is 24.0 Å². The number of phenolic OH excluding ortho intramolecular Hbond substituents is 1. The van der Waals surface area contributed by atoms with Crippen LogP contribution in [0.25, 0.3) is 0 Å². The third-order valence-corrected chi connectivity index (χ3v) is 8.60. The number of phenols is 1. The topological polar surface area (TPSA) is 111 Å². The summed E-state index contributed by atoms with van der Waals surface area (Å²) in [5.41, 5.74) is 3.27. The molecule has 1 aliphatic heterocycles. The predicted octanol–water partition coefficient (Wildman–Crippen LogP) is 3.54. The molecule has 8 nitrogen and oxygen atoms in total. The number of ether oxygens (including phenoxy) is 1. The molecule has 38 heavy (non-hydrogen) atoms. The van der Waals surface area contributed by atoms with Gasteiger partial charge in [0, 0.05) is 31.4 Å². The number of hydrogen-bond donors (Lipinski definition) is 4. The number of aromatic hydroxyl groups is 1. The molecule has 0 aromatic heterocycles. The molecule has 1 fully saturated rings. The maximum absolute atomic E-state index is 12.9. The molecule has 0 spiro atoms. The Balaban J connectivity index is 1.13. The second kappa shape index (κ2) is 13.1. The minimum atomic E-state index is -3.45. The first-order valence-electron chi connectivity index (χ1n) is 13.0. The molecule has 204 valence electrons. The molecular formula is C29H37N3O5S. The summed E-state index contributed by atoms with van der Waals surface area (Å²) < 4.78 is 32.9. The summed E-state index contributed by atoms with van der Waals surface area (Å²) in [6.07, 6.45) is 1.72. The van der Waals surface area contributed by atoms with E-state index in [0.29, 0.717) is 30.3 Å². The minimum absolute atomic E-state index is 0.176. The maximum Gasteiger partial charge on any atom is 0.243 e. The van der Waals surface area contributed by atoms with E-state index < -0.39 is 16.1 Å². The molecule has 1 atom stereocenters.